The van der Waals surface area contributed by atoms with E-state index in [0.717, 1.165) is 58.5 Å². The summed E-state index contributed by atoms with van der Waals surface area (Å²) in [5, 5.41) is 9.91. The van der Waals surface area contributed by atoms with Crippen LogP contribution in [0.3, 0.4) is 0 Å². The van der Waals surface area contributed by atoms with Gasteiger partial charge in [-0.1, -0.05) is 70.4 Å². The minimum absolute atomic E-state index is 0.219. The number of allylic oxidation sites excluding steroid dienone is 2. The third-order valence-corrected chi connectivity index (χ3v) is 6.03. The number of carbonyl (C=O) groups excluding carboxylic acids is 1. The van der Waals surface area contributed by atoms with Crippen LogP contribution < -0.4 is 21.7 Å². The minimum Gasteiger partial charge on any atom is -0.356 e. The Hall–Kier alpha value is -0.910. The molecule has 33 heavy (non-hydrogen) atoms. The number of nitrogens with two attached hydrogens (primary N) is 1. The maximum absolute atomic E-state index is 11.9. The first kappa shape index (κ1) is 32.1. The Morgan fingerprint density at radius 1 is 0.606 bits per heavy atom. The largest absolute Gasteiger partial charge is 0.356 e. The third-order valence-electron chi connectivity index (χ3n) is 6.03. The normalized spacial score (nSPS) is 11.5. The van der Waals surface area contributed by atoms with E-state index in [1.54, 1.807) is 0 Å². The van der Waals surface area contributed by atoms with Crippen molar-refractivity contribution >= 4 is 5.91 Å². The Kier molecular flexibility index (Phi) is 28.3. The minimum atomic E-state index is 0.219. The summed E-state index contributed by atoms with van der Waals surface area (Å²) in [7, 11) is 0. The summed E-state index contributed by atoms with van der Waals surface area (Å²) >= 11 is 0. The number of rotatable bonds is 27. The average molecular weight is 467 g/mol. The second kappa shape index (κ2) is 29.1. The first-order valence-electron chi connectivity index (χ1n) is 14.3. The smallest absolute Gasteiger partial charge is 0.219 e. The molecule has 0 heterocycles. The highest BCUT2D eigenvalue weighted by atomic mass is 16.1. The van der Waals surface area contributed by atoms with Gasteiger partial charge in [0, 0.05) is 13.0 Å². The van der Waals surface area contributed by atoms with Gasteiger partial charge in [0.25, 0.3) is 0 Å². The first-order chi connectivity index (χ1) is 16.3. The molecule has 1 amide bonds. The molecular formula is C28H58N4O. The lowest BCUT2D eigenvalue weighted by molar-refractivity contribution is -0.121. The quantitative estimate of drug-likeness (QED) is 0.0906. The number of amides is 1. The van der Waals surface area contributed by atoms with Crippen molar-refractivity contribution in [2.24, 2.45) is 5.73 Å². The van der Waals surface area contributed by atoms with Gasteiger partial charge in [-0.25, -0.2) is 0 Å². The van der Waals surface area contributed by atoms with Gasteiger partial charge >= 0.3 is 0 Å². The van der Waals surface area contributed by atoms with Crippen molar-refractivity contribution in [3.05, 3.63) is 12.2 Å². The third kappa shape index (κ3) is 29.1. The van der Waals surface area contributed by atoms with Crippen LogP contribution in [0.25, 0.3) is 0 Å². The van der Waals surface area contributed by atoms with Gasteiger partial charge in [-0.2, -0.15) is 0 Å². The molecule has 0 aromatic rings. The highest BCUT2D eigenvalue weighted by Crippen LogP contribution is 2.09. The zero-order valence-corrected chi connectivity index (χ0v) is 22.1. The molecule has 0 aliphatic heterocycles. The van der Waals surface area contributed by atoms with Crippen molar-refractivity contribution in [1.29, 1.82) is 0 Å². The zero-order chi connectivity index (χ0) is 24.1. The van der Waals surface area contributed by atoms with Crippen molar-refractivity contribution < 1.29 is 4.79 Å². The van der Waals surface area contributed by atoms with Gasteiger partial charge in [0.2, 0.25) is 5.91 Å². The molecule has 5 nitrogen and oxygen atoms in total. The molecule has 0 aliphatic carbocycles. The predicted molar refractivity (Wildman–Crippen MR) is 146 cm³/mol. The van der Waals surface area contributed by atoms with E-state index in [9.17, 15) is 4.79 Å². The van der Waals surface area contributed by atoms with Crippen molar-refractivity contribution in [1.82, 2.24) is 16.0 Å². The summed E-state index contributed by atoms with van der Waals surface area (Å²) in [6.07, 6.45) is 26.7. The van der Waals surface area contributed by atoms with Crippen LogP contribution in [0, 0.1) is 0 Å². The van der Waals surface area contributed by atoms with E-state index >= 15 is 0 Å². The predicted octanol–water partition coefficient (Wildman–Crippen LogP) is 5.84. The van der Waals surface area contributed by atoms with E-state index in [-0.39, 0.29) is 5.91 Å². The number of hydrogen-bond donors (Lipinski definition) is 4. The Morgan fingerprint density at radius 3 is 1.73 bits per heavy atom. The fraction of sp³-hybridized carbons (Fsp3) is 0.893. The first-order valence-corrected chi connectivity index (χ1v) is 14.3. The summed E-state index contributed by atoms with van der Waals surface area (Å²) in [5.41, 5.74) is 5.47. The molecule has 0 aromatic carbocycles. The molecule has 0 atom stereocenters. The van der Waals surface area contributed by atoms with Crippen LogP contribution in [0.4, 0.5) is 0 Å². The number of carbonyl (C=O) groups is 1. The molecule has 0 saturated carbocycles. The monoisotopic (exact) mass is 466 g/mol. The topological polar surface area (TPSA) is 79.2 Å². The second-order valence-electron chi connectivity index (χ2n) is 9.39. The molecule has 5 heteroatoms. The van der Waals surface area contributed by atoms with Crippen LogP contribution >= 0.6 is 0 Å². The molecule has 0 unspecified atom stereocenters. The van der Waals surface area contributed by atoms with Crippen molar-refractivity contribution in [3.8, 4) is 0 Å². The van der Waals surface area contributed by atoms with Crippen LogP contribution in [-0.2, 0) is 4.79 Å². The maximum Gasteiger partial charge on any atom is 0.219 e. The van der Waals surface area contributed by atoms with Crippen molar-refractivity contribution in [2.45, 2.75) is 122 Å². The molecular weight excluding hydrogens is 408 g/mol. The Morgan fingerprint density at radius 2 is 1.12 bits per heavy atom. The molecule has 0 spiro atoms. The second-order valence-corrected chi connectivity index (χ2v) is 9.39. The SMILES string of the molecule is CCCCCCCC/C=C/CCCCCCCC(=O)NCCCNCCCCNCCCN. The van der Waals surface area contributed by atoms with E-state index in [2.05, 4.69) is 35.0 Å². The van der Waals surface area contributed by atoms with Crippen LogP contribution in [0.5, 0.6) is 0 Å². The standard InChI is InChI=1S/C28H58N4O/c1-2-3-4-5-6-7-8-9-10-11-12-13-14-15-16-21-28(33)32-27-20-26-31-24-18-17-23-30-25-19-22-29/h9-10,30-31H,2-8,11-27,29H2,1H3,(H,32,33)/b10-9+. The molecule has 0 aromatic heterocycles. The van der Waals surface area contributed by atoms with Gasteiger partial charge in [0.05, 0.1) is 0 Å². The average Bonchev–Trinajstić information content (AvgIpc) is 2.82. The van der Waals surface area contributed by atoms with Gasteiger partial charge in [-0.15, -0.1) is 0 Å². The Bertz CT molecular complexity index is 415. The fourth-order valence-electron chi connectivity index (χ4n) is 3.86. The molecule has 0 radical (unpaired) electrons. The zero-order valence-electron chi connectivity index (χ0n) is 22.1. The van der Waals surface area contributed by atoms with E-state index in [1.807, 2.05) is 0 Å². The summed E-state index contributed by atoms with van der Waals surface area (Å²) in [4.78, 5) is 11.9. The van der Waals surface area contributed by atoms with Gasteiger partial charge in [0.15, 0.2) is 0 Å². The molecule has 0 saturated heterocycles. The van der Waals surface area contributed by atoms with E-state index in [1.165, 1.54) is 89.9 Å². The Balaban J connectivity index is 3.19. The van der Waals surface area contributed by atoms with Crippen LogP contribution in [0.1, 0.15) is 122 Å². The molecule has 5 N–H and O–H groups in total. The van der Waals surface area contributed by atoms with E-state index in [4.69, 9.17) is 5.73 Å². The van der Waals surface area contributed by atoms with Gasteiger partial charge in [0.1, 0.15) is 0 Å². The maximum atomic E-state index is 11.9. The lowest BCUT2D eigenvalue weighted by atomic mass is 10.1. The van der Waals surface area contributed by atoms with Gasteiger partial charge in [-0.05, 0) is 90.5 Å². The van der Waals surface area contributed by atoms with Gasteiger partial charge in [-0.3, -0.25) is 4.79 Å². The van der Waals surface area contributed by atoms with E-state index in [0.29, 0.717) is 6.42 Å². The van der Waals surface area contributed by atoms with Crippen LogP contribution in [0.15, 0.2) is 12.2 Å². The molecule has 196 valence electrons. The summed E-state index contributed by atoms with van der Waals surface area (Å²) in [6, 6.07) is 0. The van der Waals surface area contributed by atoms with Crippen molar-refractivity contribution in [2.75, 3.05) is 39.3 Å². The van der Waals surface area contributed by atoms with Crippen LogP contribution in [-0.4, -0.2) is 45.2 Å². The number of unbranched alkanes of at least 4 members (excludes halogenated alkanes) is 12. The number of nitrogens with one attached hydrogen (secondary N) is 3. The van der Waals surface area contributed by atoms with E-state index < -0.39 is 0 Å². The molecule has 0 bridgehead atoms. The summed E-state index contributed by atoms with van der Waals surface area (Å²) < 4.78 is 0. The lowest BCUT2D eigenvalue weighted by Gasteiger charge is -2.07. The number of hydrogen-bond acceptors (Lipinski definition) is 4. The lowest BCUT2D eigenvalue weighted by Crippen LogP contribution is -2.27. The summed E-state index contributed by atoms with van der Waals surface area (Å²) in [6.45, 7) is 7.97. The van der Waals surface area contributed by atoms with Gasteiger partial charge < -0.3 is 21.7 Å². The summed E-state index contributed by atoms with van der Waals surface area (Å²) in [5.74, 6) is 0.219. The highest BCUT2D eigenvalue weighted by molar-refractivity contribution is 5.75. The molecule has 0 rings (SSSR count). The molecule has 0 aliphatic rings. The fourth-order valence-corrected chi connectivity index (χ4v) is 3.86. The highest BCUT2D eigenvalue weighted by Gasteiger charge is 2.00. The molecule has 0 fully saturated rings. The van der Waals surface area contributed by atoms with Crippen LogP contribution in [0.2, 0.25) is 0 Å². The van der Waals surface area contributed by atoms with Crippen molar-refractivity contribution in [3.63, 3.8) is 0 Å². The Labute approximate surface area is 206 Å².